The number of nitrogens with zero attached hydrogens (tertiary/aromatic N) is 3. The van der Waals surface area contributed by atoms with Gasteiger partial charge in [-0.25, -0.2) is 0 Å². The molecule has 0 unspecified atom stereocenters. The predicted octanol–water partition coefficient (Wildman–Crippen LogP) is 3.23. The van der Waals surface area contributed by atoms with Crippen molar-refractivity contribution in [1.82, 2.24) is 10.2 Å². The molecule has 90 valence electrons. The van der Waals surface area contributed by atoms with Gasteiger partial charge in [0.2, 0.25) is 0 Å². The summed E-state index contributed by atoms with van der Waals surface area (Å²) < 4.78 is 0. The summed E-state index contributed by atoms with van der Waals surface area (Å²) in [4.78, 5) is 2.14. The number of anilines is 1. The van der Waals surface area contributed by atoms with Crippen molar-refractivity contribution in [2.75, 3.05) is 18.5 Å². The van der Waals surface area contributed by atoms with Gasteiger partial charge in [-0.3, -0.25) is 0 Å². The van der Waals surface area contributed by atoms with Gasteiger partial charge in [0.15, 0.2) is 11.0 Å². The molecule has 0 radical (unpaired) electrons. The van der Waals surface area contributed by atoms with E-state index in [-0.39, 0.29) is 0 Å². The van der Waals surface area contributed by atoms with Gasteiger partial charge in [0.1, 0.15) is 0 Å². The highest BCUT2D eigenvalue weighted by atomic mass is 35.5. The first-order valence-corrected chi connectivity index (χ1v) is 6.01. The largest absolute Gasteiger partial charge is 0.358 e. The van der Waals surface area contributed by atoms with Crippen LogP contribution in [0.4, 0.5) is 5.82 Å². The summed E-state index contributed by atoms with van der Waals surface area (Å²) >= 11 is 5.93. The summed E-state index contributed by atoms with van der Waals surface area (Å²) in [6.45, 7) is 9.45. The number of hydrogen-bond donors (Lipinski definition) is 0. The summed E-state index contributed by atoms with van der Waals surface area (Å²) in [5.74, 6) is 1.63. The second-order valence-corrected chi connectivity index (χ2v) is 5.03. The minimum atomic E-state index is 0.499. The standard InChI is InChI=1S/C12H20ClN3/c1-8(2)6-7-16(5)12-10(4)9(3)11(13)14-15-12/h8H,6-7H2,1-5H3. The van der Waals surface area contributed by atoms with Crippen molar-refractivity contribution in [3.8, 4) is 0 Å². The molecule has 0 saturated heterocycles. The van der Waals surface area contributed by atoms with E-state index in [1.807, 2.05) is 20.9 Å². The van der Waals surface area contributed by atoms with Crippen LogP contribution < -0.4 is 4.90 Å². The highest BCUT2D eigenvalue weighted by Crippen LogP contribution is 2.23. The van der Waals surface area contributed by atoms with Gasteiger partial charge in [0.25, 0.3) is 0 Å². The average molecular weight is 242 g/mol. The lowest BCUT2D eigenvalue weighted by Crippen LogP contribution is -2.22. The summed E-state index contributed by atoms with van der Waals surface area (Å²) in [7, 11) is 2.05. The van der Waals surface area contributed by atoms with Gasteiger partial charge in [-0.2, -0.15) is 0 Å². The molecule has 1 rings (SSSR count). The second-order valence-electron chi connectivity index (χ2n) is 4.67. The topological polar surface area (TPSA) is 29.0 Å². The van der Waals surface area contributed by atoms with Crippen LogP contribution in [0.25, 0.3) is 0 Å². The molecule has 0 spiro atoms. The quantitative estimate of drug-likeness (QED) is 0.811. The van der Waals surface area contributed by atoms with E-state index in [2.05, 4.69) is 28.9 Å². The summed E-state index contributed by atoms with van der Waals surface area (Å²) in [5, 5.41) is 8.62. The maximum absolute atomic E-state index is 5.93. The number of hydrogen-bond acceptors (Lipinski definition) is 3. The predicted molar refractivity (Wildman–Crippen MR) is 69.2 cm³/mol. The maximum atomic E-state index is 5.93. The zero-order chi connectivity index (χ0) is 12.3. The Morgan fingerprint density at radius 3 is 2.38 bits per heavy atom. The fourth-order valence-corrected chi connectivity index (χ4v) is 1.66. The highest BCUT2D eigenvalue weighted by molar-refractivity contribution is 6.30. The molecular formula is C12H20ClN3. The first-order valence-electron chi connectivity index (χ1n) is 5.64. The Bertz CT molecular complexity index is 364. The molecule has 0 aliphatic rings. The Morgan fingerprint density at radius 2 is 1.81 bits per heavy atom. The number of halogens is 1. The Balaban J connectivity index is 2.84. The van der Waals surface area contributed by atoms with E-state index in [1.54, 1.807) is 0 Å². The van der Waals surface area contributed by atoms with Crippen molar-refractivity contribution in [3.63, 3.8) is 0 Å². The average Bonchev–Trinajstić information content (AvgIpc) is 2.23. The Labute approximate surface area is 103 Å². The third-order valence-corrected chi connectivity index (χ3v) is 3.20. The number of rotatable bonds is 4. The second kappa shape index (κ2) is 5.48. The summed E-state index contributed by atoms with van der Waals surface area (Å²) in [6, 6.07) is 0. The van der Waals surface area contributed by atoms with E-state index in [1.165, 1.54) is 0 Å². The molecular weight excluding hydrogens is 222 g/mol. The maximum Gasteiger partial charge on any atom is 0.155 e. The van der Waals surface area contributed by atoms with E-state index in [9.17, 15) is 0 Å². The van der Waals surface area contributed by atoms with Gasteiger partial charge < -0.3 is 4.90 Å². The molecule has 0 bridgehead atoms. The fraction of sp³-hybridized carbons (Fsp3) is 0.667. The van der Waals surface area contributed by atoms with Crippen molar-refractivity contribution >= 4 is 17.4 Å². The highest BCUT2D eigenvalue weighted by Gasteiger charge is 2.11. The van der Waals surface area contributed by atoms with Gasteiger partial charge in [-0.1, -0.05) is 25.4 Å². The van der Waals surface area contributed by atoms with Crippen molar-refractivity contribution in [2.24, 2.45) is 5.92 Å². The summed E-state index contributed by atoms with van der Waals surface area (Å²) in [6.07, 6.45) is 1.15. The lowest BCUT2D eigenvalue weighted by Gasteiger charge is -2.21. The van der Waals surface area contributed by atoms with Crippen molar-refractivity contribution in [3.05, 3.63) is 16.3 Å². The molecule has 0 fully saturated rings. The van der Waals surface area contributed by atoms with Gasteiger partial charge in [-0.15, -0.1) is 10.2 Å². The molecule has 0 aromatic carbocycles. The molecule has 0 saturated carbocycles. The smallest absolute Gasteiger partial charge is 0.155 e. The first-order chi connectivity index (χ1) is 7.43. The van der Waals surface area contributed by atoms with E-state index in [0.717, 1.165) is 29.9 Å². The molecule has 0 atom stereocenters. The molecule has 16 heavy (non-hydrogen) atoms. The fourth-order valence-electron chi connectivity index (χ4n) is 1.48. The molecule has 0 amide bonds. The molecule has 0 aliphatic carbocycles. The van der Waals surface area contributed by atoms with Crippen LogP contribution in [0.5, 0.6) is 0 Å². The molecule has 3 nitrogen and oxygen atoms in total. The van der Waals surface area contributed by atoms with Gasteiger partial charge in [0, 0.05) is 13.6 Å². The SMILES string of the molecule is Cc1c(Cl)nnc(N(C)CCC(C)C)c1C. The third-order valence-electron chi connectivity index (χ3n) is 2.84. The van der Waals surface area contributed by atoms with Crippen molar-refractivity contribution < 1.29 is 0 Å². The van der Waals surface area contributed by atoms with Crippen LogP contribution in [0.2, 0.25) is 5.15 Å². The van der Waals surface area contributed by atoms with Crippen molar-refractivity contribution in [1.29, 1.82) is 0 Å². The normalized spacial score (nSPS) is 10.9. The lowest BCUT2D eigenvalue weighted by molar-refractivity contribution is 0.582. The van der Waals surface area contributed by atoms with Crippen LogP contribution in [-0.4, -0.2) is 23.8 Å². The molecule has 0 aliphatic heterocycles. The van der Waals surface area contributed by atoms with E-state index < -0.39 is 0 Å². The van der Waals surface area contributed by atoms with E-state index in [4.69, 9.17) is 11.6 Å². The van der Waals surface area contributed by atoms with Crippen LogP contribution in [-0.2, 0) is 0 Å². The minimum absolute atomic E-state index is 0.499. The summed E-state index contributed by atoms with van der Waals surface area (Å²) in [5.41, 5.74) is 2.13. The van der Waals surface area contributed by atoms with Gasteiger partial charge >= 0.3 is 0 Å². The minimum Gasteiger partial charge on any atom is -0.358 e. The monoisotopic (exact) mass is 241 g/mol. The Hall–Kier alpha value is -0.830. The van der Waals surface area contributed by atoms with Gasteiger partial charge in [0.05, 0.1) is 0 Å². The Kier molecular flexibility index (Phi) is 4.54. The lowest BCUT2D eigenvalue weighted by atomic mass is 10.1. The van der Waals surface area contributed by atoms with E-state index >= 15 is 0 Å². The van der Waals surface area contributed by atoms with Crippen LogP contribution in [0, 0.1) is 19.8 Å². The van der Waals surface area contributed by atoms with Crippen LogP contribution in [0.15, 0.2) is 0 Å². The molecule has 4 heteroatoms. The van der Waals surface area contributed by atoms with Gasteiger partial charge in [-0.05, 0) is 37.3 Å². The zero-order valence-corrected chi connectivity index (χ0v) is 11.5. The van der Waals surface area contributed by atoms with Crippen LogP contribution in [0.1, 0.15) is 31.4 Å². The molecule has 1 heterocycles. The van der Waals surface area contributed by atoms with Crippen molar-refractivity contribution in [2.45, 2.75) is 34.1 Å². The molecule has 1 aromatic heterocycles. The molecule has 0 N–H and O–H groups in total. The Morgan fingerprint density at radius 1 is 1.19 bits per heavy atom. The van der Waals surface area contributed by atoms with Crippen LogP contribution in [0.3, 0.4) is 0 Å². The zero-order valence-electron chi connectivity index (χ0n) is 10.7. The first kappa shape index (κ1) is 13.2. The number of aromatic nitrogens is 2. The van der Waals surface area contributed by atoms with Crippen LogP contribution >= 0.6 is 11.6 Å². The third kappa shape index (κ3) is 3.08. The van der Waals surface area contributed by atoms with E-state index in [0.29, 0.717) is 11.1 Å². The molecule has 1 aromatic rings.